The number of methoxy groups -OCH3 is 1. The minimum atomic E-state index is -2.32. The fourth-order valence-corrected chi connectivity index (χ4v) is 2.65. The van der Waals surface area contributed by atoms with E-state index < -0.39 is 11.3 Å². The van der Waals surface area contributed by atoms with Crippen LogP contribution in [0.25, 0.3) is 22.0 Å². The van der Waals surface area contributed by atoms with Crippen molar-refractivity contribution in [2.45, 2.75) is 0 Å². The zero-order valence-electron chi connectivity index (χ0n) is 11.8. The lowest BCUT2D eigenvalue weighted by Crippen LogP contribution is -2.01. The Hall–Kier alpha value is -2.44. The predicted octanol–water partition coefficient (Wildman–Crippen LogP) is 3.12. The van der Waals surface area contributed by atoms with Gasteiger partial charge in [0.15, 0.2) is 0 Å². The van der Waals surface area contributed by atoms with Crippen molar-refractivity contribution in [3.8, 4) is 16.9 Å². The van der Waals surface area contributed by atoms with Gasteiger partial charge in [-0.3, -0.25) is 9.19 Å². The standard InChI is InChI=1S/C16H14N2O3S/c1-21-13-6-7-15-14(8-9-17-16(15)10-13)11-2-4-12(5-3-11)18-22(19)20/h2-10,18H,1H3,(H,19,20)/p-1. The molecule has 0 amide bonds. The van der Waals surface area contributed by atoms with E-state index in [0.717, 1.165) is 27.8 Å². The monoisotopic (exact) mass is 313 g/mol. The maximum Gasteiger partial charge on any atom is 0.121 e. The number of fused-ring (bicyclic) bond motifs is 1. The van der Waals surface area contributed by atoms with Crippen molar-refractivity contribution in [2.24, 2.45) is 0 Å². The summed E-state index contributed by atoms with van der Waals surface area (Å²) in [5.74, 6) is 0.759. The summed E-state index contributed by atoms with van der Waals surface area (Å²) in [6, 6.07) is 14.9. The van der Waals surface area contributed by atoms with Gasteiger partial charge in [-0.15, -0.1) is 0 Å². The summed E-state index contributed by atoms with van der Waals surface area (Å²) in [6.07, 6.45) is 1.75. The van der Waals surface area contributed by atoms with Crippen LogP contribution in [0.4, 0.5) is 5.69 Å². The Morgan fingerprint density at radius 3 is 2.59 bits per heavy atom. The van der Waals surface area contributed by atoms with Gasteiger partial charge in [-0.05, 0) is 41.5 Å². The average molecular weight is 313 g/mol. The van der Waals surface area contributed by atoms with Gasteiger partial charge in [0, 0.05) is 34.6 Å². The van der Waals surface area contributed by atoms with Crippen LogP contribution < -0.4 is 9.46 Å². The average Bonchev–Trinajstić information content (AvgIpc) is 2.54. The Morgan fingerprint density at radius 1 is 1.14 bits per heavy atom. The Morgan fingerprint density at radius 2 is 1.91 bits per heavy atom. The molecule has 3 aromatic rings. The predicted molar refractivity (Wildman–Crippen MR) is 86.3 cm³/mol. The van der Waals surface area contributed by atoms with E-state index >= 15 is 0 Å². The molecule has 0 fully saturated rings. The highest BCUT2D eigenvalue weighted by Crippen LogP contribution is 2.30. The highest BCUT2D eigenvalue weighted by atomic mass is 32.2. The van der Waals surface area contributed by atoms with E-state index in [1.165, 1.54) is 0 Å². The van der Waals surface area contributed by atoms with Crippen LogP contribution in [0.1, 0.15) is 0 Å². The zero-order valence-corrected chi connectivity index (χ0v) is 12.6. The molecule has 0 bridgehead atoms. The largest absolute Gasteiger partial charge is 0.755 e. The molecule has 1 atom stereocenters. The molecule has 1 aromatic heterocycles. The number of ether oxygens (including phenoxy) is 1. The van der Waals surface area contributed by atoms with Gasteiger partial charge in [0.2, 0.25) is 0 Å². The summed E-state index contributed by atoms with van der Waals surface area (Å²) in [6.45, 7) is 0. The summed E-state index contributed by atoms with van der Waals surface area (Å²) >= 11 is -2.32. The molecule has 1 heterocycles. The van der Waals surface area contributed by atoms with Crippen LogP contribution in [0.3, 0.4) is 0 Å². The van der Waals surface area contributed by atoms with Crippen LogP contribution in [0.15, 0.2) is 54.7 Å². The van der Waals surface area contributed by atoms with E-state index in [1.54, 1.807) is 25.4 Å². The number of aromatic nitrogens is 1. The van der Waals surface area contributed by atoms with Gasteiger partial charge in [0.05, 0.1) is 12.6 Å². The smallest absolute Gasteiger partial charge is 0.121 e. The van der Waals surface area contributed by atoms with Crippen LogP contribution >= 0.6 is 0 Å². The summed E-state index contributed by atoms with van der Waals surface area (Å²) in [5, 5.41) is 1.01. The fourth-order valence-electron chi connectivity index (χ4n) is 2.32. The van der Waals surface area contributed by atoms with Crippen molar-refractivity contribution in [3.05, 3.63) is 54.7 Å². The van der Waals surface area contributed by atoms with Crippen molar-refractivity contribution in [3.63, 3.8) is 0 Å². The quantitative estimate of drug-likeness (QED) is 0.751. The molecule has 112 valence electrons. The van der Waals surface area contributed by atoms with Crippen molar-refractivity contribution in [2.75, 3.05) is 11.8 Å². The number of anilines is 1. The number of rotatable bonds is 4. The van der Waals surface area contributed by atoms with Crippen LogP contribution in [0.5, 0.6) is 5.75 Å². The summed E-state index contributed by atoms with van der Waals surface area (Å²) in [4.78, 5) is 4.36. The first-order chi connectivity index (χ1) is 10.7. The van der Waals surface area contributed by atoms with Gasteiger partial charge in [-0.25, -0.2) is 0 Å². The second kappa shape index (κ2) is 6.13. The molecule has 3 rings (SSSR count). The molecule has 2 aromatic carbocycles. The van der Waals surface area contributed by atoms with E-state index in [9.17, 15) is 8.76 Å². The molecule has 0 aliphatic heterocycles. The lowest BCUT2D eigenvalue weighted by molar-refractivity contribution is 0.415. The Labute approximate surface area is 130 Å². The van der Waals surface area contributed by atoms with E-state index in [0.29, 0.717) is 5.69 Å². The van der Waals surface area contributed by atoms with Crippen molar-refractivity contribution in [1.82, 2.24) is 4.98 Å². The molecule has 0 radical (unpaired) electrons. The summed E-state index contributed by atoms with van der Waals surface area (Å²) in [7, 11) is 1.62. The first kappa shape index (κ1) is 14.5. The second-order valence-corrected chi connectivity index (χ2v) is 5.33. The molecule has 1 N–H and O–H groups in total. The molecular formula is C16H13N2O3S-. The molecule has 1 unspecified atom stereocenters. The lowest BCUT2D eigenvalue weighted by atomic mass is 10.0. The molecule has 0 spiro atoms. The fraction of sp³-hybridized carbons (Fsp3) is 0.0625. The molecule has 0 saturated carbocycles. The topological polar surface area (TPSA) is 74.3 Å². The molecule has 22 heavy (non-hydrogen) atoms. The Kier molecular flexibility index (Phi) is 4.04. The third kappa shape index (κ3) is 2.93. The SMILES string of the molecule is COc1ccc2c(-c3ccc(NS(=O)[O-])cc3)ccnc2c1. The van der Waals surface area contributed by atoms with Crippen molar-refractivity contribution in [1.29, 1.82) is 0 Å². The number of hydrogen-bond acceptors (Lipinski definition) is 4. The zero-order chi connectivity index (χ0) is 15.5. The number of nitrogens with one attached hydrogen (secondary N) is 1. The highest BCUT2D eigenvalue weighted by Gasteiger charge is 2.06. The molecule has 0 aliphatic rings. The third-order valence-corrected chi connectivity index (χ3v) is 3.75. The number of benzene rings is 2. The van der Waals surface area contributed by atoms with E-state index in [-0.39, 0.29) is 0 Å². The van der Waals surface area contributed by atoms with Gasteiger partial charge in [-0.1, -0.05) is 12.1 Å². The first-order valence-electron chi connectivity index (χ1n) is 6.56. The first-order valence-corrected chi connectivity index (χ1v) is 7.64. The number of nitrogens with zero attached hydrogens (tertiary/aromatic N) is 1. The van der Waals surface area contributed by atoms with Gasteiger partial charge in [0.25, 0.3) is 0 Å². The molecule has 6 heteroatoms. The molecule has 0 saturated heterocycles. The number of pyridine rings is 1. The highest BCUT2D eigenvalue weighted by molar-refractivity contribution is 7.80. The van der Waals surface area contributed by atoms with Crippen molar-refractivity contribution >= 4 is 27.9 Å². The van der Waals surface area contributed by atoms with Crippen LogP contribution in [-0.2, 0) is 11.3 Å². The lowest BCUT2D eigenvalue weighted by Gasteiger charge is -2.11. The summed E-state index contributed by atoms with van der Waals surface area (Å²) in [5.41, 5.74) is 3.39. The Bertz CT molecular complexity index is 834. The second-order valence-electron chi connectivity index (χ2n) is 4.66. The Balaban J connectivity index is 2.04. The number of hydrogen-bond donors (Lipinski definition) is 1. The van der Waals surface area contributed by atoms with E-state index in [2.05, 4.69) is 9.71 Å². The minimum absolute atomic E-state index is 0.525. The van der Waals surface area contributed by atoms with Gasteiger partial charge >= 0.3 is 0 Å². The van der Waals surface area contributed by atoms with Gasteiger partial charge < -0.3 is 14.0 Å². The van der Waals surface area contributed by atoms with Crippen LogP contribution in [0, 0.1) is 0 Å². The van der Waals surface area contributed by atoms with Crippen LogP contribution in [-0.4, -0.2) is 20.9 Å². The molecule has 0 aliphatic carbocycles. The van der Waals surface area contributed by atoms with Gasteiger partial charge in [0.1, 0.15) is 5.75 Å². The normalized spacial score (nSPS) is 12.1. The van der Waals surface area contributed by atoms with Gasteiger partial charge in [-0.2, -0.15) is 0 Å². The maximum absolute atomic E-state index is 10.6. The van der Waals surface area contributed by atoms with E-state index in [1.807, 2.05) is 36.4 Å². The summed E-state index contributed by atoms with van der Waals surface area (Å²) < 4.78 is 28.8. The minimum Gasteiger partial charge on any atom is -0.755 e. The van der Waals surface area contributed by atoms with Crippen molar-refractivity contribution < 1.29 is 13.5 Å². The third-order valence-electron chi connectivity index (χ3n) is 3.35. The molecule has 5 nitrogen and oxygen atoms in total. The van der Waals surface area contributed by atoms with E-state index in [4.69, 9.17) is 4.74 Å². The molecular weight excluding hydrogens is 300 g/mol. The maximum atomic E-state index is 10.6. The van der Waals surface area contributed by atoms with Crippen LogP contribution in [0.2, 0.25) is 0 Å².